The molecule has 5 rings (SSSR count). The van der Waals surface area contributed by atoms with Crippen LogP contribution in [-0.2, 0) is 24.3 Å². The van der Waals surface area contributed by atoms with Gasteiger partial charge in [0.1, 0.15) is 0 Å². The number of aromatic amines is 1. The molecule has 3 N–H and O–H groups in total. The fraction of sp³-hybridized carbons (Fsp3) is 0.400. The number of rotatable bonds is 9. The maximum absolute atomic E-state index is 12.3. The molecule has 1 saturated carbocycles. The zero-order chi connectivity index (χ0) is 28.9. The van der Waals surface area contributed by atoms with Gasteiger partial charge in [0.15, 0.2) is 11.3 Å². The molecule has 212 valence electrons. The predicted molar refractivity (Wildman–Crippen MR) is 138 cm³/mol. The van der Waals surface area contributed by atoms with Crippen LogP contribution >= 0.6 is 11.6 Å². The molecule has 1 fully saturated rings. The number of carboxylic acid groups (broad SMARTS) is 1. The molecule has 4 aromatic heterocycles. The lowest BCUT2D eigenvalue weighted by atomic mass is 10.1. The number of carboxylic acids is 1. The lowest BCUT2D eigenvalue weighted by molar-refractivity contribution is -0.192. The molecule has 0 saturated heterocycles. The van der Waals surface area contributed by atoms with Gasteiger partial charge in [-0.2, -0.15) is 18.3 Å². The SMILES string of the molecule is Cc1ccc(CNC(=O)c2cn(CCCCc3cc4c(Cl)c(C5CC5)[nH]c4nn3)nn2)cn1.O=C(O)C(F)(F)F. The van der Waals surface area contributed by atoms with Crippen LogP contribution in [0.2, 0.25) is 5.02 Å². The number of alkyl halides is 3. The summed E-state index contributed by atoms with van der Waals surface area (Å²) < 4.78 is 33.4. The van der Waals surface area contributed by atoms with Gasteiger partial charge in [-0.25, -0.2) is 4.79 Å². The second-order valence-electron chi connectivity index (χ2n) is 9.34. The molecule has 0 bridgehead atoms. The van der Waals surface area contributed by atoms with Crippen molar-refractivity contribution in [2.75, 3.05) is 0 Å². The first-order valence-corrected chi connectivity index (χ1v) is 12.8. The number of unbranched alkanes of at least 4 members (excludes halogenated alkanes) is 1. The van der Waals surface area contributed by atoms with Crippen molar-refractivity contribution in [3.8, 4) is 0 Å². The fourth-order valence-corrected chi connectivity index (χ4v) is 4.11. The largest absolute Gasteiger partial charge is 0.490 e. The molecule has 0 aliphatic heterocycles. The maximum Gasteiger partial charge on any atom is 0.490 e. The van der Waals surface area contributed by atoms with Crippen LogP contribution in [0.15, 0.2) is 30.6 Å². The average molecular weight is 579 g/mol. The molecule has 0 spiro atoms. The standard InChI is InChI=1S/C23H25ClN8O.C2HF3O2/c1-14-5-6-15(11-25-14)12-26-23(33)19-13-32(31-29-19)9-3-2-4-17-10-18-20(24)21(16-7-8-16)27-22(18)30-28-17;3-2(4,5)1(6)7/h5-6,10-11,13,16H,2-4,7-9,12H2,1H3,(H,26,33)(H,27,30);(H,6,7). The minimum Gasteiger partial charge on any atom is -0.475 e. The summed E-state index contributed by atoms with van der Waals surface area (Å²) in [6.45, 7) is 3.00. The lowest BCUT2D eigenvalue weighted by Crippen LogP contribution is -2.23. The molecule has 4 heterocycles. The van der Waals surface area contributed by atoms with Crippen molar-refractivity contribution in [1.82, 2.24) is 40.5 Å². The number of amides is 1. The highest BCUT2D eigenvalue weighted by Crippen LogP contribution is 2.44. The van der Waals surface area contributed by atoms with E-state index >= 15 is 0 Å². The Kier molecular flexibility index (Phi) is 8.97. The summed E-state index contributed by atoms with van der Waals surface area (Å²) in [6.07, 6.45) is 3.31. The molecule has 15 heteroatoms. The Balaban J connectivity index is 0.000000470. The van der Waals surface area contributed by atoms with Crippen molar-refractivity contribution in [3.63, 3.8) is 0 Å². The molecule has 0 aromatic carbocycles. The number of aromatic nitrogens is 7. The van der Waals surface area contributed by atoms with Crippen molar-refractivity contribution < 1.29 is 27.9 Å². The van der Waals surface area contributed by atoms with E-state index in [1.165, 1.54) is 12.8 Å². The number of carbonyl (C=O) groups excluding carboxylic acids is 1. The number of aryl methyl sites for hydroxylation is 3. The molecule has 1 aliphatic rings. The Morgan fingerprint density at radius 1 is 1.20 bits per heavy atom. The normalized spacial score (nSPS) is 13.1. The van der Waals surface area contributed by atoms with Gasteiger partial charge >= 0.3 is 12.1 Å². The topological polar surface area (TPSA) is 152 Å². The van der Waals surface area contributed by atoms with Gasteiger partial charge in [-0.15, -0.1) is 10.2 Å². The third-order valence-electron chi connectivity index (χ3n) is 6.07. The third-order valence-corrected chi connectivity index (χ3v) is 6.47. The zero-order valence-corrected chi connectivity index (χ0v) is 22.1. The van der Waals surface area contributed by atoms with Crippen LogP contribution in [-0.4, -0.2) is 58.3 Å². The Morgan fingerprint density at radius 2 is 1.95 bits per heavy atom. The van der Waals surface area contributed by atoms with Gasteiger partial charge < -0.3 is 15.4 Å². The van der Waals surface area contributed by atoms with Gasteiger partial charge in [0.05, 0.1) is 16.9 Å². The predicted octanol–water partition coefficient (Wildman–Crippen LogP) is 4.37. The fourth-order valence-electron chi connectivity index (χ4n) is 3.76. The summed E-state index contributed by atoms with van der Waals surface area (Å²) in [5, 5.41) is 28.4. The van der Waals surface area contributed by atoms with Crippen LogP contribution in [0, 0.1) is 6.92 Å². The van der Waals surface area contributed by atoms with Crippen LogP contribution in [0.3, 0.4) is 0 Å². The smallest absolute Gasteiger partial charge is 0.475 e. The van der Waals surface area contributed by atoms with Crippen LogP contribution < -0.4 is 5.32 Å². The van der Waals surface area contributed by atoms with Crippen molar-refractivity contribution in [1.29, 1.82) is 0 Å². The summed E-state index contributed by atoms with van der Waals surface area (Å²) >= 11 is 6.54. The van der Waals surface area contributed by atoms with Crippen LogP contribution in [0.25, 0.3) is 11.0 Å². The lowest BCUT2D eigenvalue weighted by Gasteiger charge is -2.03. The van der Waals surface area contributed by atoms with Crippen LogP contribution in [0.1, 0.15) is 64.7 Å². The van der Waals surface area contributed by atoms with E-state index in [4.69, 9.17) is 21.5 Å². The Hall–Kier alpha value is -4.07. The van der Waals surface area contributed by atoms with Crippen LogP contribution in [0.4, 0.5) is 13.2 Å². The quantitative estimate of drug-likeness (QED) is 0.248. The van der Waals surface area contributed by atoms with E-state index in [0.717, 1.165) is 58.0 Å². The first kappa shape index (κ1) is 28.9. The number of aliphatic carboxylic acids is 1. The summed E-state index contributed by atoms with van der Waals surface area (Å²) in [4.78, 5) is 28.8. The number of nitrogens with one attached hydrogen (secondary N) is 2. The molecule has 11 nitrogen and oxygen atoms in total. The van der Waals surface area contributed by atoms with Gasteiger partial charge in [-0.3, -0.25) is 14.5 Å². The summed E-state index contributed by atoms with van der Waals surface area (Å²) in [7, 11) is 0. The molecule has 1 aliphatic carbocycles. The summed E-state index contributed by atoms with van der Waals surface area (Å²) in [6, 6.07) is 5.89. The molecular formula is C25H26ClF3N8O3. The van der Waals surface area contributed by atoms with E-state index in [9.17, 15) is 18.0 Å². The molecule has 0 unspecified atom stereocenters. The van der Waals surface area contributed by atoms with E-state index in [0.29, 0.717) is 24.7 Å². The van der Waals surface area contributed by atoms with Gasteiger partial charge in [-0.1, -0.05) is 22.9 Å². The number of hydrogen-bond donors (Lipinski definition) is 3. The number of H-pyrrole nitrogens is 1. The number of fused-ring (bicyclic) bond motifs is 1. The first-order chi connectivity index (χ1) is 19.0. The third kappa shape index (κ3) is 7.74. The van der Waals surface area contributed by atoms with Gasteiger partial charge in [-0.05, 0) is 56.7 Å². The van der Waals surface area contributed by atoms with Crippen molar-refractivity contribution in [2.24, 2.45) is 0 Å². The second kappa shape index (κ2) is 12.4. The van der Waals surface area contributed by atoms with E-state index in [1.807, 2.05) is 25.1 Å². The minimum absolute atomic E-state index is 0.251. The summed E-state index contributed by atoms with van der Waals surface area (Å²) in [5.41, 5.74) is 4.97. The van der Waals surface area contributed by atoms with Crippen molar-refractivity contribution >= 4 is 34.5 Å². The number of halogens is 4. The summed E-state index contributed by atoms with van der Waals surface area (Å²) in [5.74, 6) is -2.46. The number of hydrogen-bond acceptors (Lipinski definition) is 7. The van der Waals surface area contributed by atoms with Gasteiger partial charge in [0.2, 0.25) is 0 Å². The molecule has 0 atom stereocenters. The molecule has 0 radical (unpaired) electrons. The highest BCUT2D eigenvalue weighted by molar-refractivity contribution is 6.36. The number of pyridine rings is 1. The molecule has 1 amide bonds. The van der Waals surface area contributed by atoms with E-state index in [2.05, 4.69) is 35.8 Å². The van der Waals surface area contributed by atoms with Crippen molar-refractivity contribution in [3.05, 3.63) is 64.0 Å². The van der Waals surface area contributed by atoms with E-state index < -0.39 is 12.1 Å². The first-order valence-electron chi connectivity index (χ1n) is 12.4. The highest BCUT2D eigenvalue weighted by atomic mass is 35.5. The van der Waals surface area contributed by atoms with Gasteiger partial charge in [0, 0.05) is 42.0 Å². The second-order valence-corrected chi connectivity index (χ2v) is 9.72. The average Bonchev–Trinajstić information content (AvgIpc) is 3.56. The van der Waals surface area contributed by atoms with Gasteiger partial charge in [0.25, 0.3) is 5.91 Å². The molecular weight excluding hydrogens is 553 g/mol. The van der Waals surface area contributed by atoms with Crippen LogP contribution in [0.5, 0.6) is 0 Å². The van der Waals surface area contributed by atoms with E-state index in [1.54, 1.807) is 17.1 Å². The maximum atomic E-state index is 12.3. The highest BCUT2D eigenvalue weighted by Gasteiger charge is 2.38. The molecule has 4 aromatic rings. The zero-order valence-electron chi connectivity index (χ0n) is 21.4. The van der Waals surface area contributed by atoms with Crippen molar-refractivity contribution in [2.45, 2.75) is 64.2 Å². The monoisotopic (exact) mass is 578 g/mol. The minimum atomic E-state index is -5.08. The Labute approximate surface area is 231 Å². The number of carbonyl (C=O) groups is 2. The Morgan fingerprint density at radius 3 is 2.60 bits per heavy atom. The van der Waals surface area contributed by atoms with E-state index in [-0.39, 0.29) is 5.91 Å². The number of nitrogens with zero attached hydrogens (tertiary/aromatic N) is 6. The molecule has 40 heavy (non-hydrogen) atoms. The Bertz CT molecular complexity index is 1480.